The van der Waals surface area contributed by atoms with Crippen molar-refractivity contribution in [1.82, 2.24) is 10.3 Å². The predicted molar refractivity (Wildman–Crippen MR) is 95.5 cm³/mol. The average molecular weight is 343 g/mol. The van der Waals surface area contributed by atoms with Crippen LogP contribution in [0.25, 0.3) is 22.0 Å². The van der Waals surface area contributed by atoms with Crippen molar-refractivity contribution in [3.63, 3.8) is 0 Å². The summed E-state index contributed by atoms with van der Waals surface area (Å²) in [5.74, 6) is 0.171. The number of hydrogen-bond acceptors (Lipinski definition) is 3. The fourth-order valence-corrected chi connectivity index (χ4v) is 3.56. The smallest absolute Gasteiger partial charge is 0.287 e. The van der Waals surface area contributed by atoms with Crippen LogP contribution < -0.4 is 5.32 Å². The molecule has 0 saturated heterocycles. The third kappa shape index (κ3) is 3.11. The fraction of sp³-hybridized carbons (Fsp3) is 0.368. The van der Waals surface area contributed by atoms with E-state index in [0.29, 0.717) is 16.5 Å². The number of hydrogen-bond donors (Lipinski definition) is 1. The predicted octanol–water partition coefficient (Wildman–Crippen LogP) is 5.09. The number of pyridine rings is 1. The SMILES string of the molecule is O=C(NC1CCCCCC1)c1cc2cc3ccc(Cl)cc3nc2o1. The number of rotatable bonds is 2. The summed E-state index contributed by atoms with van der Waals surface area (Å²) in [7, 11) is 0. The Morgan fingerprint density at radius 3 is 2.67 bits per heavy atom. The molecule has 3 aromatic rings. The summed E-state index contributed by atoms with van der Waals surface area (Å²) in [6.45, 7) is 0. The molecule has 2 heterocycles. The number of halogens is 1. The maximum Gasteiger partial charge on any atom is 0.287 e. The number of furan rings is 1. The molecule has 4 nitrogen and oxygen atoms in total. The van der Waals surface area contributed by atoms with Crippen molar-refractivity contribution in [2.45, 2.75) is 44.6 Å². The molecule has 1 saturated carbocycles. The summed E-state index contributed by atoms with van der Waals surface area (Å²) in [6.07, 6.45) is 6.98. The second-order valence-electron chi connectivity index (χ2n) is 6.49. The van der Waals surface area contributed by atoms with Crippen molar-refractivity contribution in [1.29, 1.82) is 0 Å². The molecular weight excluding hydrogens is 324 g/mol. The number of nitrogens with one attached hydrogen (secondary N) is 1. The second-order valence-corrected chi connectivity index (χ2v) is 6.93. The minimum Gasteiger partial charge on any atom is -0.433 e. The molecular formula is C19H19ClN2O2. The van der Waals surface area contributed by atoms with E-state index in [-0.39, 0.29) is 11.9 Å². The van der Waals surface area contributed by atoms with Gasteiger partial charge in [0.15, 0.2) is 5.76 Å². The van der Waals surface area contributed by atoms with E-state index in [9.17, 15) is 4.79 Å². The molecule has 124 valence electrons. The number of aromatic nitrogens is 1. The third-order valence-electron chi connectivity index (χ3n) is 4.68. The van der Waals surface area contributed by atoms with Crippen molar-refractivity contribution in [2.24, 2.45) is 0 Å². The Hall–Kier alpha value is -2.07. The summed E-state index contributed by atoms with van der Waals surface area (Å²) < 4.78 is 5.68. The first-order valence-electron chi connectivity index (χ1n) is 8.50. The molecule has 5 heteroatoms. The molecule has 24 heavy (non-hydrogen) atoms. The maximum absolute atomic E-state index is 12.5. The molecule has 1 N–H and O–H groups in total. The lowest BCUT2D eigenvalue weighted by Crippen LogP contribution is -2.34. The van der Waals surface area contributed by atoms with Crippen molar-refractivity contribution < 1.29 is 9.21 Å². The molecule has 1 aromatic carbocycles. The van der Waals surface area contributed by atoms with Crippen LogP contribution in [0.4, 0.5) is 0 Å². The Morgan fingerprint density at radius 2 is 1.88 bits per heavy atom. The molecule has 1 amide bonds. The zero-order valence-electron chi connectivity index (χ0n) is 13.3. The molecule has 4 rings (SSSR count). The van der Waals surface area contributed by atoms with Gasteiger partial charge < -0.3 is 9.73 Å². The van der Waals surface area contributed by atoms with Crippen LogP contribution in [0, 0.1) is 0 Å². The Bertz CT molecular complexity index is 895. The van der Waals surface area contributed by atoms with E-state index in [1.54, 1.807) is 12.1 Å². The van der Waals surface area contributed by atoms with E-state index in [2.05, 4.69) is 10.3 Å². The first-order chi connectivity index (χ1) is 11.7. The van der Waals surface area contributed by atoms with E-state index in [4.69, 9.17) is 16.0 Å². The van der Waals surface area contributed by atoms with Gasteiger partial charge in [0.25, 0.3) is 5.91 Å². The highest BCUT2D eigenvalue weighted by Gasteiger charge is 2.19. The number of benzene rings is 1. The van der Waals surface area contributed by atoms with Gasteiger partial charge in [0.05, 0.1) is 5.52 Å². The number of amides is 1. The van der Waals surface area contributed by atoms with Gasteiger partial charge in [0, 0.05) is 21.8 Å². The Kier molecular flexibility index (Phi) is 4.15. The fourth-order valence-electron chi connectivity index (χ4n) is 3.39. The van der Waals surface area contributed by atoms with E-state index < -0.39 is 0 Å². The van der Waals surface area contributed by atoms with Crippen molar-refractivity contribution in [3.8, 4) is 0 Å². The Labute approximate surface area is 145 Å². The lowest BCUT2D eigenvalue weighted by atomic mass is 10.1. The van der Waals surface area contributed by atoms with Crippen LogP contribution in [-0.4, -0.2) is 16.9 Å². The number of fused-ring (bicyclic) bond motifs is 2. The van der Waals surface area contributed by atoms with Crippen LogP contribution in [0.15, 0.2) is 34.7 Å². The van der Waals surface area contributed by atoms with Gasteiger partial charge in [0.2, 0.25) is 5.71 Å². The largest absolute Gasteiger partial charge is 0.433 e. The van der Waals surface area contributed by atoms with Crippen LogP contribution in [-0.2, 0) is 0 Å². The minimum atomic E-state index is -0.151. The van der Waals surface area contributed by atoms with Crippen molar-refractivity contribution in [3.05, 3.63) is 41.1 Å². The lowest BCUT2D eigenvalue weighted by Gasteiger charge is -2.14. The lowest BCUT2D eigenvalue weighted by molar-refractivity contribution is 0.0907. The van der Waals surface area contributed by atoms with Crippen LogP contribution in [0.5, 0.6) is 0 Å². The molecule has 0 radical (unpaired) electrons. The van der Waals surface area contributed by atoms with Gasteiger partial charge in [-0.3, -0.25) is 4.79 Å². The Morgan fingerprint density at radius 1 is 1.08 bits per heavy atom. The molecule has 1 fully saturated rings. The van der Waals surface area contributed by atoms with Crippen molar-refractivity contribution >= 4 is 39.5 Å². The van der Waals surface area contributed by atoms with Crippen molar-refractivity contribution in [2.75, 3.05) is 0 Å². The molecule has 0 bridgehead atoms. The molecule has 1 aliphatic carbocycles. The van der Waals surface area contributed by atoms with Gasteiger partial charge in [-0.15, -0.1) is 0 Å². The molecule has 0 spiro atoms. The number of nitrogens with zero attached hydrogens (tertiary/aromatic N) is 1. The highest BCUT2D eigenvalue weighted by atomic mass is 35.5. The highest BCUT2D eigenvalue weighted by molar-refractivity contribution is 6.31. The topological polar surface area (TPSA) is 55.1 Å². The minimum absolute atomic E-state index is 0.151. The summed E-state index contributed by atoms with van der Waals surface area (Å²) in [6, 6.07) is 9.53. The Balaban J connectivity index is 1.61. The van der Waals surface area contributed by atoms with Crippen LogP contribution >= 0.6 is 11.6 Å². The molecule has 2 aromatic heterocycles. The zero-order valence-corrected chi connectivity index (χ0v) is 14.1. The van der Waals surface area contributed by atoms with Crippen LogP contribution in [0.1, 0.15) is 49.1 Å². The van der Waals surface area contributed by atoms with E-state index in [1.807, 2.05) is 18.2 Å². The van der Waals surface area contributed by atoms with Gasteiger partial charge in [-0.05, 0) is 37.1 Å². The quantitative estimate of drug-likeness (QED) is 0.660. The van der Waals surface area contributed by atoms with Crippen LogP contribution in [0.3, 0.4) is 0 Å². The highest BCUT2D eigenvalue weighted by Crippen LogP contribution is 2.25. The maximum atomic E-state index is 12.5. The molecule has 1 aliphatic rings. The zero-order chi connectivity index (χ0) is 16.5. The second kappa shape index (κ2) is 6.44. The summed E-state index contributed by atoms with van der Waals surface area (Å²) >= 11 is 6.01. The first kappa shape index (κ1) is 15.5. The molecule has 0 aliphatic heterocycles. The van der Waals surface area contributed by atoms with Crippen LogP contribution in [0.2, 0.25) is 5.02 Å². The number of carbonyl (C=O) groups excluding carboxylic acids is 1. The summed E-state index contributed by atoms with van der Waals surface area (Å²) in [4.78, 5) is 17.0. The standard InChI is InChI=1S/C19H19ClN2O2/c20-14-8-7-12-9-13-10-17(24-19(13)22-16(12)11-14)18(23)21-15-5-3-1-2-4-6-15/h7-11,15H,1-6H2,(H,21,23). The van der Waals surface area contributed by atoms with Gasteiger partial charge in [-0.2, -0.15) is 0 Å². The normalized spacial score (nSPS) is 16.4. The number of carbonyl (C=O) groups is 1. The van der Waals surface area contributed by atoms with E-state index in [1.165, 1.54) is 25.7 Å². The third-order valence-corrected chi connectivity index (χ3v) is 4.91. The summed E-state index contributed by atoms with van der Waals surface area (Å²) in [5, 5.41) is 5.54. The van der Waals surface area contributed by atoms with Gasteiger partial charge in [-0.25, -0.2) is 4.98 Å². The molecule has 0 unspecified atom stereocenters. The van der Waals surface area contributed by atoms with Gasteiger partial charge in [0.1, 0.15) is 0 Å². The first-order valence-corrected chi connectivity index (χ1v) is 8.87. The molecule has 0 atom stereocenters. The van der Waals surface area contributed by atoms with E-state index >= 15 is 0 Å². The van der Waals surface area contributed by atoms with Gasteiger partial charge in [-0.1, -0.05) is 43.4 Å². The van der Waals surface area contributed by atoms with E-state index in [0.717, 1.165) is 29.1 Å². The summed E-state index contributed by atoms with van der Waals surface area (Å²) in [5.41, 5.74) is 1.23. The average Bonchev–Trinajstić information content (AvgIpc) is 2.80. The van der Waals surface area contributed by atoms with Gasteiger partial charge >= 0.3 is 0 Å². The monoisotopic (exact) mass is 342 g/mol.